The van der Waals surface area contributed by atoms with Gasteiger partial charge in [0.15, 0.2) is 0 Å². The zero-order valence-corrected chi connectivity index (χ0v) is 16.0. The van der Waals surface area contributed by atoms with Crippen LogP contribution in [0.5, 0.6) is 0 Å². The molecule has 0 aliphatic carbocycles. The van der Waals surface area contributed by atoms with E-state index in [9.17, 15) is 13.6 Å². The number of carbonyl (C=O) groups excluding carboxylic acids is 1. The van der Waals surface area contributed by atoms with Crippen molar-refractivity contribution in [3.05, 3.63) is 35.4 Å². The van der Waals surface area contributed by atoms with Crippen LogP contribution in [-0.4, -0.2) is 27.0 Å². The molecule has 1 atom stereocenters. The third-order valence-corrected chi connectivity index (χ3v) is 5.12. The van der Waals surface area contributed by atoms with Crippen molar-refractivity contribution in [3.8, 4) is 0 Å². The fourth-order valence-corrected chi connectivity index (χ4v) is 3.96. The first-order valence-electron chi connectivity index (χ1n) is 5.71. The van der Waals surface area contributed by atoms with Crippen LogP contribution in [0.4, 0.5) is 0 Å². The molecule has 1 aromatic rings. The van der Waals surface area contributed by atoms with Crippen LogP contribution in [0.25, 0.3) is 0 Å². The van der Waals surface area contributed by atoms with Gasteiger partial charge in [-0.1, -0.05) is 56.9 Å². The summed E-state index contributed by atoms with van der Waals surface area (Å²) >= 11 is -2.06. The second kappa shape index (κ2) is 12.1. The summed E-state index contributed by atoms with van der Waals surface area (Å²) in [5, 5.41) is 2.73. The number of hydrogen-bond acceptors (Lipinski definition) is 5. The van der Waals surface area contributed by atoms with E-state index in [0.29, 0.717) is 6.54 Å². The van der Waals surface area contributed by atoms with Gasteiger partial charge in [0, 0.05) is 30.7 Å². The van der Waals surface area contributed by atoms with Crippen molar-refractivity contribution < 1.29 is 43.1 Å². The maximum absolute atomic E-state index is 10.7. The second-order valence-electron chi connectivity index (χ2n) is 3.78. The molecule has 1 rings (SSSR count). The normalized spacial score (nSPS) is 11.5. The van der Waals surface area contributed by atoms with E-state index in [4.69, 9.17) is 0 Å². The first-order chi connectivity index (χ1) is 9.09. The zero-order valence-electron chi connectivity index (χ0n) is 11.6. The van der Waals surface area contributed by atoms with Gasteiger partial charge in [0.1, 0.15) is 0 Å². The van der Waals surface area contributed by atoms with Crippen molar-refractivity contribution >= 4 is 38.6 Å². The molecular formula is C12H16NNaO3S3. The number of hydrogen-bond donors (Lipinski definition) is 1. The van der Waals surface area contributed by atoms with Gasteiger partial charge in [-0.3, -0.25) is 9.00 Å². The molecule has 106 valence electrons. The Bertz CT molecular complexity index is 446. The van der Waals surface area contributed by atoms with Gasteiger partial charge in [0.2, 0.25) is 5.91 Å². The summed E-state index contributed by atoms with van der Waals surface area (Å²) in [6.07, 6.45) is 0. The Labute approximate surface area is 152 Å². The topological polar surface area (TPSA) is 69.2 Å². The molecule has 1 aromatic carbocycles. The number of carbonyl (C=O) groups is 1. The van der Waals surface area contributed by atoms with Gasteiger partial charge in [-0.05, 0) is 11.1 Å². The molecule has 0 saturated heterocycles. The summed E-state index contributed by atoms with van der Waals surface area (Å²) in [4.78, 5) is 10.7. The Kier molecular flexibility index (Phi) is 12.4. The van der Waals surface area contributed by atoms with Gasteiger partial charge in [-0.25, -0.2) is 0 Å². The van der Waals surface area contributed by atoms with Crippen molar-refractivity contribution in [2.45, 2.75) is 18.4 Å². The Hall–Kier alpha value is 0.500. The molecular weight excluding hydrogens is 325 g/mol. The molecule has 1 unspecified atom stereocenters. The van der Waals surface area contributed by atoms with Crippen LogP contribution in [0.15, 0.2) is 24.3 Å². The molecule has 0 saturated carbocycles. The van der Waals surface area contributed by atoms with E-state index in [2.05, 4.69) is 5.32 Å². The van der Waals surface area contributed by atoms with Crippen molar-refractivity contribution in [3.63, 3.8) is 0 Å². The number of amides is 1. The molecule has 1 amide bonds. The first-order valence-corrected chi connectivity index (χ1v) is 9.44. The standard InChI is InChI=1S/C12H17NO3S3.Na/c1-10(14)13-6-7-17-18-8-11-4-2-3-5-12(11)9-19(15)16;/h2-5H,6-9H2,1H3,(H,13,14)(H,15,16);/q;+1/p-1. The van der Waals surface area contributed by atoms with E-state index >= 15 is 0 Å². The largest absolute Gasteiger partial charge is 1.00 e. The summed E-state index contributed by atoms with van der Waals surface area (Å²) < 4.78 is 21.5. The molecule has 0 aliphatic heterocycles. The van der Waals surface area contributed by atoms with Gasteiger partial charge >= 0.3 is 29.6 Å². The SMILES string of the molecule is CC(=O)NCCSSCc1ccccc1CS(=O)[O-].[Na+]. The predicted octanol–water partition coefficient (Wildman–Crippen LogP) is -0.913. The predicted molar refractivity (Wildman–Crippen MR) is 81.5 cm³/mol. The monoisotopic (exact) mass is 341 g/mol. The van der Waals surface area contributed by atoms with E-state index in [-0.39, 0.29) is 41.2 Å². The summed E-state index contributed by atoms with van der Waals surface area (Å²) in [6, 6.07) is 7.55. The van der Waals surface area contributed by atoms with Crippen LogP contribution in [0.1, 0.15) is 18.1 Å². The van der Waals surface area contributed by atoms with Gasteiger partial charge in [-0.15, -0.1) is 0 Å². The minimum absolute atomic E-state index is 0. The Morgan fingerprint density at radius 1 is 1.30 bits per heavy atom. The zero-order chi connectivity index (χ0) is 14.1. The van der Waals surface area contributed by atoms with E-state index in [1.54, 1.807) is 21.6 Å². The van der Waals surface area contributed by atoms with E-state index in [1.807, 2.05) is 24.3 Å². The van der Waals surface area contributed by atoms with E-state index in [0.717, 1.165) is 22.6 Å². The van der Waals surface area contributed by atoms with Crippen LogP contribution in [0.2, 0.25) is 0 Å². The minimum Gasteiger partial charge on any atom is -0.772 e. The van der Waals surface area contributed by atoms with Crippen LogP contribution in [0, 0.1) is 0 Å². The summed E-state index contributed by atoms with van der Waals surface area (Å²) in [7, 11) is 3.33. The quantitative estimate of drug-likeness (QED) is 0.287. The number of rotatable bonds is 8. The molecule has 20 heavy (non-hydrogen) atoms. The van der Waals surface area contributed by atoms with Gasteiger partial charge < -0.3 is 9.87 Å². The van der Waals surface area contributed by atoms with Crippen LogP contribution in [-0.2, 0) is 27.4 Å². The minimum atomic E-state index is -2.06. The molecule has 0 spiro atoms. The number of benzene rings is 1. The molecule has 8 heteroatoms. The average Bonchev–Trinajstić information content (AvgIpc) is 2.34. The van der Waals surface area contributed by atoms with Crippen molar-refractivity contribution in [2.75, 3.05) is 12.3 Å². The second-order valence-corrected chi connectivity index (χ2v) is 7.26. The van der Waals surface area contributed by atoms with Gasteiger partial charge in [-0.2, -0.15) is 0 Å². The fourth-order valence-electron chi connectivity index (χ4n) is 1.40. The third kappa shape index (κ3) is 9.44. The average molecular weight is 341 g/mol. The Morgan fingerprint density at radius 3 is 2.55 bits per heavy atom. The molecule has 0 radical (unpaired) electrons. The van der Waals surface area contributed by atoms with Gasteiger partial charge in [0.05, 0.1) is 0 Å². The van der Waals surface area contributed by atoms with Crippen molar-refractivity contribution in [1.82, 2.24) is 5.32 Å². The van der Waals surface area contributed by atoms with Crippen molar-refractivity contribution in [1.29, 1.82) is 0 Å². The molecule has 0 aliphatic rings. The summed E-state index contributed by atoms with van der Waals surface area (Å²) in [5.41, 5.74) is 1.90. The van der Waals surface area contributed by atoms with E-state index < -0.39 is 11.1 Å². The molecule has 0 heterocycles. The number of nitrogens with one attached hydrogen (secondary N) is 1. The van der Waals surface area contributed by atoms with Crippen LogP contribution < -0.4 is 34.9 Å². The molecule has 0 fully saturated rings. The summed E-state index contributed by atoms with van der Waals surface area (Å²) in [5.74, 6) is 1.64. The molecule has 4 nitrogen and oxygen atoms in total. The third-order valence-electron chi connectivity index (χ3n) is 2.25. The Morgan fingerprint density at radius 2 is 1.95 bits per heavy atom. The van der Waals surface area contributed by atoms with Crippen LogP contribution in [0.3, 0.4) is 0 Å². The van der Waals surface area contributed by atoms with Gasteiger partial charge in [0.25, 0.3) is 0 Å². The molecule has 0 aromatic heterocycles. The molecule has 1 N–H and O–H groups in total. The fraction of sp³-hybridized carbons (Fsp3) is 0.417. The maximum atomic E-state index is 10.7. The summed E-state index contributed by atoms with van der Waals surface area (Å²) in [6.45, 7) is 2.15. The van der Waals surface area contributed by atoms with Crippen LogP contribution >= 0.6 is 21.6 Å². The van der Waals surface area contributed by atoms with E-state index in [1.165, 1.54) is 6.92 Å². The first kappa shape index (κ1) is 20.5. The smallest absolute Gasteiger partial charge is 0.772 e. The Balaban J connectivity index is 0.00000361. The molecule has 0 bridgehead atoms. The van der Waals surface area contributed by atoms with Crippen molar-refractivity contribution in [2.24, 2.45) is 0 Å². The maximum Gasteiger partial charge on any atom is 1.00 e.